The Labute approximate surface area is 149 Å². The van der Waals surface area contributed by atoms with Gasteiger partial charge < -0.3 is 9.32 Å². The maximum atomic E-state index is 13.1. The first kappa shape index (κ1) is 15.3. The van der Waals surface area contributed by atoms with Crippen molar-refractivity contribution in [2.45, 2.75) is 31.3 Å². The number of fused-ring (bicyclic) bond motifs is 4. The topological polar surface area (TPSA) is 59.2 Å². The van der Waals surface area contributed by atoms with Crippen molar-refractivity contribution in [3.8, 4) is 11.4 Å². The van der Waals surface area contributed by atoms with Crippen LogP contribution in [0.3, 0.4) is 0 Å². The minimum atomic E-state index is -0.279. The number of rotatable bonds is 2. The molecule has 5 nitrogen and oxygen atoms in total. The van der Waals surface area contributed by atoms with Crippen LogP contribution < -0.4 is 0 Å². The predicted octanol–water partition coefficient (Wildman–Crippen LogP) is 3.78. The molecule has 0 radical (unpaired) electrons. The highest BCUT2D eigenvalue weighted by Crippen LogP contribution is 2.44. The number of nitrogens with zero attached hydrogens (tertiary/aromatic N) is 3. The lowest BCUT2D eigenvalue weighted by Gasteiger charge is -2.35. The highest BCUT2D eigenvalue weighted by Gasteiger charge is 2.43. The van der Waals surface area contributed by atoms with Crippen molar-refractivity contribution in [1.82, 2.24) is 14.9 Å². The van der Waals surface area contributed by atoms with Gasteiger partial charge in [-0.1, -0.05) is 0 Å². The fraction of sp³-hybridized carbons (Fsp3) is 0.250. The van der Waals surface area contributed by atoms with Gasteiger partial charge in [0.05, 0.1) is 23.6 Å². The third-order valence-electron chi connectivity index (χ3n) is 5.30. The van der Waals surface area contributed by atoms with Crippen LogP contribution in [0.2, 0.25) is 0 Å². The van der Waals surface area contributed by atoms with E-state index in [0.29, 0.717) is 17.8 Å². The van der Waals surface area contributed by atoms with Crippen molar-refractivity contribution in [3.05, 3.63) is 71.7 Å². The van der Waals surface area contributed by atoms with E-state index in [1.165, 1.54) is 24.7 Å². The number of carbonyl (C=O) groups excluding carboxylic acids is 1. The van der Waals surface area contributed by atoms with Crippen LogP contribution >= 0.6 is 0 Å². The van der Waals surface area contributed by atoms with E-state index in [1.54, 1.807) is 18.2 Å². The van der Waals surface area contributed by atoms with Gasteiger partial charge in [0.15, 0.2) is 5.82 Å². The summed E-state index contributed by atoms with van der Waals surface area (Å²) in [5.41, 5.74) is 3.37. The first-order valence-electron chi connectivity index (χ1n) is 8.67. The van der Waals surface area contributed by atoms with E-state index in [2.05, 4.69) is 4.98 Å². The molecule has 1 amide bonds. The zero-order valence-corrected chi connectivity index (χ0v) is 13.9. The first-order chi connectivity index (χ1) is 12.7. The number of amides is 1. The molecule has 4 heterocycles. The van der Waals surface area contributed by atoms with E-state index in [9.17, 15) is 9.18 Å². The lowest BCUT2D eigenvalue weighted by Crippen LogP contribution is -2.42. The lowest BCUT2D eigenvalue weighted by atomic mass is 9.98. The normalized spacial score (nSPS) is 20.9. The van der Waals surface area contributed by atoms with Gasteiger partial charge in [0.25, 0.3) is 5.91 Å². The third kappa shape index (κ3) is 2.33. The van der Waals surface area contributed by atoms with E-state index in [-0.39, 0.29) is 23.8 Å². The molecular formula is C20H16FN3O2. The maximum absolute atomic E-state index is 13.1. The Balaban J connectivity index is 1.50. The van der Waals surface area contributed by atoms with Crippen LogP contribution in [0.4, 0.5) is 4.39 Å². The zero-order valence-electron chi connectivity index (χ0n) is 13.9. The van der Waals surface area contributed by atoms with Crippen LogP contribution in [0.15, 0.2) is 53.5 Å². The van der Waals surface area contributed by atoms with Gasteiger partial charge in [-0.05, 0) is 43.2 Å². The zero-order chi connectivity index (χ0) is 17.7. The molecule has 2 aliphatic rings. The molecular weight excluding hydrogens is 333 g/mol. The molecule has 2 aromatic heterocycles. The average Bonchev–Trinajstić information content (AvgIpc) is 3.29. The monoisotopic (exact) mass is 349 g/mol. The van der Waals surface area contributed by atoms with Crippen LogP contribution in [0.5, 0.6) is 0 Å². The molecule has 0 unspecified atom stereocenters. The summed E-state index contributed by atoms with van der Waals surface area (Å²) >= 11 is 0. The first-order valence-corrected chi connectivity index (χ1v) is 8.67. The van der Waals surface area contributed by atoms with Crippen molar-refractivity contribution in [3.63, 3.8) is 0 Å². The number of carbonyl (C=O) groups is 1. The summed E-state index contributed by atoms with van der Waals surface area (Å²) < 4.78 is 18.2. The van der Waals surface area contributed by atoms with E-state index in [0.717, 1.165) is 29.7 Å². The molecule has 26 heavy (non-hydrogen) atoms. The van der Waals surface area contributed by atoms with Gasteiger partial charge in [-0.2, -0.15) is 0 Å². The summed E-state index contributed by atoms with van der Waals surface area (Å²) in [5, 5.41) is 0. The Kier molecular flexibility index (Phi) is 3.38. The van der Waals surface area contributed by atoms with Crippen LogP contribution in [-0.2, 0) is 6.42 Å². The summed E-state index contributed by atoms with van der Waals surface area (Å²) in [5.74, 6) is 0.315. The molecule has 0 N–H and O–H groups in total. The quantitative estimate of drug-likeness (QED) is 0.706. The number of furan rings is 1. The van der Waals surface area contributed by atoms with Gasteiger partial charge in [-0.25, -0.2) is 14.4 Å². The lowest BCUT2D eigenvalue weighted by molar-refractivity contribution is 0.0643. The minimum absolute atomic E-state index is 0.000453. The van der Waals surface area contributed by atoms with Gasteiger partial charge in [0, 0.05) is 29.8 Å². The number of benzene rings is 1. The molecule has 5 rings (SSSR count). The van der Waals surface area contributed by atoms with Gasteiger partial charge in [0.2, 0.25) is 0 Å². The molecule has 2 bridgehead atoms. The second-order valence-corrected chi connectivity index (χ2v) is 6.78. The molecule has 130 valence electrons. The summed E-state index contributed by atoms with van der Waals surface area (Å²) in [7, 11) is 0. The largest absolute Gasteiger partial charge is 0.472 e. The van der Waals surface area contributed by atoms with Gasteiger partial charge in [0.1, 0.15) is 12.1 Å². The molecule has 1 saturated heterocycles. The predicted molar refractivity (Wildman–Crippen MR) is 91.8 cm³/mol. The van der Waals surface area contributed by atoms with Crippen molar-refractivity contribution in [2.75, 3.05) is 0 Å². The molecule has 2 aliphatic heterocycles. The van der Waals surface area contributed by atoms with Crippen molar-refractivity contribution in [2.24, 2.45) is 0 Å². The van der Waals surface area contributed by atoms with Gasteiger partial charge in [-0.3, -0.25) is 4.79 Å². The number of halogens is 1. The Morgan fingerprint density at radius 1 is 1.19 bits per heavy atom. The van der Waals surface area contributed by atoms with E-state index in [1.807, 2.05) is 11.1 Å². The molecule has 0 spiro atoms. The number of hydrogen-bond donors (Lipinski definition) is 0. The molecule has 1 aromatic carbocycles. The molecule has 0 aliphatic carbocycles. The Bertz CT molecular complexity index is 969. The fourth-order valence-electron chi connectivity index (χ4n) is 4.06. The minimum Gasteiger partial charge on any atom is -0.472 e. The van der Waals surface area contributed by atoms with E-state index >= 15 is 0 Å². The third-order valence-corrected chi connectivity index (χ3v) is 5.30. The SMILES string of the molecule is O=C(c1ccoc1)N1[C@H]2CC[C@@H]1c1cnc(-c3ccc(F)cc3)nc1C2. The second-order valence-electron chi connectivity index (χ2n) is 6.78. The van der Waals surface area contributed by atoms with E-state index < -0.39 is 0 Å². The summed E-state index contributed by atoms with van der Waals surface area (Å²) in [6.45, 7) is 0. The molecule has 3 aromatic rings. The molecule has 2 atom stereocenters. The van der Waals surface area contributed by atoms with Gasteiger partial charge >= 0.3 is 0 Å². The fourth-order valence-corrected chi connectivity index (χ4v) is 4.06. The van der Waals surface area contributed by atoms with Crippen LogP contribution in [0, 0.1) is 5.82 Å². The van der Waals surface area contributed by atoms with Crippen LogP contribution in [0.1, 0.15) is 40.5 Å². The highest BCUT2D eigenvalue weighted by molar-refractivity contribution is 5.94. The Hall–Kier alpha value is -3.02. The van der Waals surface area contributed by atoms with Crippen LogP contribution in [0.25, 0.3) is 11.4 Å². The van der Waals surface area contributed by atoms with Crippen molar-refractivity contribution >= 4 is 5.91 Å². The molecule has 1 fully saturated rings. The van der Waals surface area contributed by atoms with E-state index in [4.69, 9.17) is 9.40 Å². The summed E-state index contributed by atoms with van der Waals surface area (Å²) in [6.07, 6.45) is 7.42. The second kappa shape index (κ2) is 5.76. The smallest absolute Gasteiger partial charge is 0.257 e. The highest BCUT2D eigenvalue weighted by atomic mass is 19.1. The van der Waals surface area contributed by atoms with Gasteiger partial charge in [-0.15, -0.1) is 0 Å². The van der Waals surface area contributed by atoms with Crippen LogP contribution in [-0.4, -0.2) is 26.8 Å². The average molecular weight is 349 g/mol. The maximum Gasteiger partial charge on any atom is 0.257 e. The van der Waals surface area contributed by atoms with Crippen molar-refractivity contribution < 1.29 is 13.6 Å². The number of hydrogen-bond acceptors (Lipinski definition) is 4. The summed E-state index contributed by atoms with van der Waals surface area (Å²) in [4.78, 5) is 24.0. The molecule has 6 heteroatoms. The Morgan fingerprint density at radius 2 is 2.04 bits per heavy atom. The number of aromatic nitrogens is 2. The Morgan fingerprint density at radius 3 is 2.81 bits per heavy atom. The standard InChI is InChI=1S/C20H16FN3O2/c21-14-3-1-12(2-4-14)19-22-10-16-17(23-19)9-15-5-6-18(16)24(15)20(25)13-7-8-26-11-13/h1-4,7-8,10-11,15,18H,5-6,9H2/t15-,18+/m0/s1. The summed E-state index contributed by atoms with van der Waals surface area (Å²) in [6, 6.07) is 8.04. The molecule has 0 saturated carbocycles. The van der Waals surface area contributed by atoms with Crippen molar-refractivity contribution in [1.29, 1.82) is 0 Å².